The lowest BCUT2D eigenvalue weighted by atomic mass is 9.45. The van der Waals surface area contributed by atoms with Crippen LogP contribution in [0, 0.1) is 46.3 Å². The third-order valence-corrected chi connectivity index (χ3v) is 10.5. The number of rotatable bonds is 4. The Kier molecular flexibility index (Phi) is 6.00. The molecule has 1 aliphatic heterocycles. The minimum atomic E-state index is -1.15. The zero-order valence-corrected chi connectivity index (χ0v) is 21.9. The van der Waals surface area contributed by atoms with Crippen LogP contribution in [-0.4, -0.2) is 41.0 Å². The first-order valence-electron chi connectivity index (χ1n) is 13.4. The van der Waals surface area contributed by atoms with Crippen LogP contribution in [0.2, 0.25) is 0 Å². The normalized spacial score (nSPS) is 44.7. The topological polar surface area (TPSA) is 107 Å². The maximum atomic E-state index is 12.9. The number of ketones is 1. The van der Waals surface area contributed by atoms with Gasteiger partial charge in [-0.3, -0.25) is 19.2 Å². The molecule has 3 saturated carbocycles. The third kappa shape index (κ3) is 3.59. The number of aliphatic carboxylic acids is 1. The number of hydrogen-bond acceptors (Lipinski definition) is 6. The molecule has 0 bridgehead atoms. The van der Waals surface area contributed by atoms with Gasteiger partial charge < -0.3 is 14.6 Å². The highest BCUT2D eigenvalue weighted by Gasteiger charge is 2.65. The summed E-state index contributed by atoms with van der Waals surface area (Å²) in [5, 5.41) is 10.4. The SMILES string of the molecule is CC(=O)O[C@@H]1CC[C@]2(C)C3CC4C[C@@H]5[C@@H](C(=O)C=C(C)C)C(=O)O[C@H]5C4CC3=CCC2[C@]1(C)C(=O)O. The Morgan fingerprint density at radius 3 is 2.50 bits per heavy atom. The number of carbonyl (C=O) groups excluding carboxylic acids is 3. The van der Waals surface area contributed by atoms with Gasteiger partial charge in [-0.2, -0.15) is 0 Å². The van der Waals surface area contributed by atoms with Gasteiger partial charge in [-0.25, -0.2) is 0 Å². The van der Waals surface area contributed by atoms with Crippen LogP contribution in [0.15, 0.2) is 23.3 Å². The van der Waals surface area contributed by atoms with Crippen molar-refractivity contribution in [3.63, 3.8) is 0 Å². The van der Waals surface area contributed by atoms with Gasteiger partial charge in [0, 0.05) is 18.8 Å². The molecule has 0 radical (unpaired) electrons. The summed E-state index contributed by atoms with van der Waals surface area (Å²) >= 11 is 0. The molecule has 5 rings (SSSR count). The molecule has 1 heterocycles. The van der Waals surface area contributed by atoms with E-state index >= 15 is 0 Å². The highest BCUT2D eigenvalue weighted by Crippen LogP contribution is 2.66. The lowest BCUT2D eigenvalue weighted by Gasteiger charge is -2.60. The number of ether oxygens (including phenoxy) is 2. The first kappa shape index (κ1) is 25.2. The van der Waals surface area contributed by atoms with E-state index in [1.807, 2.05) is 13.8 Å². The Bertz CT molecular complexity index is 1070. The second-order valence-corrected chi connectivity index (χ2v) is 12.6. The number of carbonyl (C=O) groups is 4. The molecule has 0 spiro atoms. The van der Waals surface area contributed by atoms with E-state index in [2.05, 4.69) is 13.0 Å². The molecule has 4 fully saturated rings. The Morgan fingerprint density at radius 1 is 1.14 bits per heavy atom. The Morgan fingerprint density at radius 2 is 1.86 bits per heavy atom. The molecule has 10 atom stereocenters. The molecule has 36 heavy (non-hydrogen) atoms. The Balaban J connectivity index is 1.43. The van der Waals surface area contributed by atoms with Crippen LogP contribution in [0.4, 0.5) is 0 Å². The highest BCUT2D eigenvalue weighted by atomic mass is 16.6. The molecule has 7 nitrogen and oxygen atoms in total. The smallest absolute Gasteiger partial charge is 0.317 e. The van der Waals surface area contributed by atoms with Gasteiger partial charge in [-0.1, -0.05) is 24.1 Å². The fourth-order valence-corrected chi connectivity index (χ4v) is 8.86. The van der Waals surface area contributed by atoms with Crippen LogP contribution >= 0.6 is 0 Å². The summed E-state index contributed by atoms with van der Waals surface area (Å²) in [6, 6.07) is 0. The van der Waals surface area contributed by atoms with E-state index in [-0.39, 0.29) is 46.9 Å². The van der Waals surface area contributed by atoms with Gasteiger partial charge in [0.15, 0.2) is 5.78 Å². The van der Waals surface area contributed by atoms with Crippen molar-refractivity contribution in [1.82, 2.24) is 0 Å². The average Bonchev–Trinajstić information content (AvgIpc) is 3.27. The van der Waals surface area contributed by atoms with Gasteiger partial charge in [0.1, 0.15) is 23.5 Å². The molecular weight excluding hydrogens is 460 g/mol. The minimum Gasteiger partial charge on any atom is -0.481 e. The Labute approximate surface area is 212 Å². The summed E-state index contributed by atoms with van der Waals surface area (Å²) < 4.78 is 11.4. The predicted octanol–water partition coefficient (Wildman–Crippen LogP) is 4.49. The van der Waals surface area contributed by atoms with E-state index in [0.29, 0.717) is 18.8 Å². The zero-order valence-electron chi connectivity index (χ0n) is 21.9. The van der Waals surface area contributed by atoms with Gasteiger partial charge in [0.25, 0.3) is 0 Å². The zero-order chi connectivity index (χ0) is 26.2. The summed E-state index contributed by atoms with van der Waals surface area (Å²) in [6.07, 6.45) is 7.48. The van der Waals surface area contributed by atoms with Crippen molar-refractivity contribution in [2.75, 3.05) is 0 Å². The molecule has 5 aliphatic rings. The van der Waals surface area contributed by atoms with E-state index in [4.69, 9.17) is 9.47 Å². The van der Waals surface area contributed by atoms with Crippen molar-refractivity contribution < 1.29 is 33.8 Å². The summed E-state index contributed by atoms with van der Waals surface area (Å²) in [5.41, 5.74) is 0.864. The quantitative estimate of drug-likeness (QED) is 0.263. The van der Waals surface area contributed by atoms with Gasteiger partial charge >= 0.3 is 17.9 Å². The molecule has 4 aliphatic carbocycles. The second-order valence-electron chi connectivity index (χ2n) is 12.6. The van der Waals surface area contributed by atoms with Crippen LogP contribution in [0.3, 0.4) is 0 Å². The minimum absolute atomic E-state index is 0.0797. The summed E-state index contributed by atoms with van der Waals surface area (Å²) in [6.45, 7) is 9.06. The van der Waals surface area contributed by atoms with Crippen LogP contribution < -0.4 is 0 Å². The Hall–Kier alpha value is -2.44. The van der Waals surface area contributed by atoms with E-state index in [1.165, 1.54) is 12.5 Å². The number of carboxylic acids is 1. The highest BCUT2D eigenvalue weighted by molar-refractivity contribution is 6.06. The van der Waals surface area contributed by atoms with Crippen molar-refractivity contribution in [1.29, 1.82) is 0 Å². The molecule has 196 valence electrons. The lowest BCUT2D eigenvalue weighted by Crippen LogP contribution is -2.60. The number of esters is 2. The largest absolute Gasteiger partial charge is 0.481 e. The van der Waals surface area contributed by atoms with E-state index in [0.717, 1.165) is 31.3 Å². The van der Waals surface area contributed by atoms with Gasteiger partial charge in [-0.15, -0.1) is 0 Å². The molecule has 0 aromatic carbocycles. The fourth-order valence-electron chi connectivity index (χ4n) is 8.86. The van der Waals surface area contributed by atoms with E-state index in [9.17, 15) is 24.3 Å². The molecular formula is C29H38O7. The summed E-state index contributed by atoms with van der Waals surface area (Å²) in [5.74, 6) is -1.98. The van der Waals surface area contributed by atoms with E-state index < -0.39 is 29.4 Å². The first-order valence-corrected chi connectivity index (χ1v) is 13.4. The fraction of sp³-hybridized carbons (Fsp3) is 0.724. The lowest BCUT2D eigenvalue weighted by molar-refractivity contribution is -0.193. The van der Waals surface area contributed by atoms with Crippen LogP contribution in [-0.2, 0) is 28.7 Å². The van der Waals surface area contributed by atoms with Crippen molar-refractivity contribution >= 4 is 23.7 Å². The molecule has 0 aromatic rings. The molecule has 1 N–H and O–H groups in total. The predicted molar refractivity (Wildman–Crippen MR) is 130 cm³/mol. The van der Waals surface area contributed by atoms with Crippen LogP contribution in [0.5, 0.6) is 0 Å². The second kappa shape index (κ2) is 8.56. The van der Waals surface area contributed by atoms with Gasteiger partial charge in [-0.05, 0) is 88.5 Å². The number of carboxylic acid groups (broad SMARTS) is 1. The average molecular weight is 499 g/mol. The molecule has 7 heteroatoms. The molecule has 1 saturated heterocycles. The molecule has 4 unspecified atom stereocenters. The van der Waals surface area contributed by atoms with Crippen molar-refractivity contribution in [3.8, 4) is 0 Å². The maximum Gasteiger partial charge on any atom is 0.317 e. The maximum absolute atomic E-state index is 12.9. The number of hydrogen-bond donors (Lipinski definition) is 1. The number of allylic oxidation sites excluding steroid dienone is 4. The monoisotopic (exact) mass is 498 g/mol. The van der Waals surface area contributed by atoms with E-state index in [1.54, 1.807) is 13.0 Å². The van der Waals surface area contributed by atoms with Crippen LogP contribution in [0.25, 0.3) is 0 Å². The third-order valence-electron chi connectivity index (χ3n) is 10.5. The van der Waals surface area contributed by atoms with Crippen molar-refractivity contribution in [2.45, 2.75) is 85.4 Å². The molecule has 0 amide bonds. The van der Waals surface area contributed by atoms with Crippen molar-refractivity contribution in [2.24, 2.45) is 46.3 Å². The standard InChI is InChI=1S/C29H38O7/c1-14(2)10-21(31)24-19-12-17-13-20-16(11-18(17)25(19)36-26(24)32)6-7-22-28(20,4)9-8-23(35-15(3)30)29(22,5)27(33)34/h6,10,17-20,22-25H,7-9,11-13H2,1-5H3,(H,33,34)/t17?,18?,19-,20?,22?,23-,24+,25+,28-,29+/m1/s1. The summed E-state index contributed by atoms with van der Waals surface area (Å²) in [7, 11) is 0. The molecule has 0 aromatic heterocycles. The van der Waals surface area contributed by atoms with Gasteiger partial charge in [0.05, 0.1) is 0 Å². The first-order chi connectivity index (χ1) is 16.9. The van der Waals surface area contributed by atoms with Gasteiger partial charge in [0.2, 0.25) is 0 Å². The summed E-state index contributed by atoms with van der Waals surface area (Å²) in [4.78, 5) is 50.0. The number of fused-ring (bicyclic) bond motifs is 6. The van der Waals surface area contributed by atoms with Crippen molar-refractivity contribution in [3.05, 3.63) is 23.3 Å². The van der Waals surface area contributed by atoms with Crippen LogP contribution in [0.1, 0.15) is 73.1 Å².